The highest BCUT2D eigenvalue weighted by Crippen LogP contribution is 2.40. The molecule has 1 aliphatic carbocycles. The number of carbonyl (C=O) groups is 2. The summed E-state index contributed by atoms with van der Waals surface area (Å²) in [6, 6.07) is 6.02. The first-order valence-electron chi connectivity index (χ1n) is 10.7. The molecule has 2 aliphatic rings. The molecule has 1 aromatic carbocycles. The second-order valence-electron chi connectivity index (χ2n) is 7.93. The van der Waals surface area contributed by atoms with E-state index >= 15 is 0 Å². The van der Waals surface area contributed by atoms with Crippen molar-refractivity contribution in [2.45, 2.75) is 43.9 Å². The van der Waals surface area contributed by atoms with E-state index in [1.54, 1.807) is 6.92 Å². The topological polar surface area (TPSA) is 92.8 Å². The number of piperidine rings is 1. The van der Waals surface area contributed by atoms with E-state index < -0.39 is 21.9 Å². The molecule has 0 saturated carbocycles. The Labute approximate surface area is 196 Å². The van der Waals surface area contributed by atoms with Crippen LogP contribution in [0.5, 0.6) is 0 Å². The average Bonchev–Trinajstić information content (AvgIpc) is 3.35. The highest BCUT2D eigenvalue weighted by Gasteiger charge is 2.35. The molecule has 2 aromatic rings. The maximum atomic E-state index is 13.1. The summed E-state index contributed by atoms with van der Waals surface area (Å²) in [4.78, 5) is 26.9. The normalized spacial score (nSPS) is 18.9. The first kappa shape index (κ1) is 23.2. The predicted octanol–water partition coefficient (Wildman–Crippen LogP) is 4.11. The van der Waals surface area contributed by atoms with Crippen LogP contribution in [-0.4, -0.2) is 44.3 Å². The van der Waals surface area contributed by atoms with Gasteiger partial charge in [-0.25, -0.2) is 13.2 Å². The molecule has 1 saturated heterocycles. The zero-order valence-corrected chi connectivity index (χ0v) is 20.1. The first-order chi connectivity index (χ1) is 15.3. The van der Waals surface area contributed by atoms with Gasteiger partial charge in [-0.05, 0) is 68.9 Å². The number of nitrogens with zero attached hydrogens (tertiary/aromatic N) is 1. The number of nitrogens with one attached hydrogen (secondary N) is 1. The van der Waals surface area contributed by atoms with Crippen molar-refractivity contribution in [2.75, 3.05) is 25.0 Å². The number of aryl methyl sites for hydroxylation is 1. The molecular weight excluding hydrogens is 472 g/mol. The van der Waals surface area contributed by atoms with E-state index in [0.717, 1.165) is 29.7 Å². The lowest BCUT2D eigenvalue weighted by molar-refractivity contribution is -0.120. The van der Waals surface area contributed by atoms with Crippen LogP contribution in [0.4, 0.5) is 5.00 Å². The smallest absolute Gasteiger partial charge is 0.341 e. The zero-order valence-electron chi connectivity index (χ0n) is 17.7. The summed E-state index contributed by atoms with van der Waals surface area (Å²) in [5.41, 5.74) is 1.43. The molecule has 1 N–H and O–H groups in total. The minimum atomic E-state index is -3.72. The van der Waals surface area contributed by atoms with Gasteiger partial charge in [0.25, 0.3) is 0 Å². The molecule has 0 radical (unpaired) electrons. The van der Waals surface area contributed by atoms with Gasteiger partial charge in [-0.1, -0.05) is 11.6 Å². The number of rotatable bonds is 6. The number of hydrogen-bond donors (Lipinski definition) is 1. The van der Waals surface area contributed by atoms with Gasteiger partial charge in [0.15, 0.2) is 0 Å². The van der Waals surface area contributed by atoms with Crippen LogP contribution in [0.3, 0.4) is 0 Å². The quantitative estimate of drug-likeness (QED) is 0.607. The zero-order chi connectivity index (χ0) is 22.9. The van der Waals surface area contributed by atoms with Crippen LogP contribution in [0.15, 0.2) is 29.2 Å². The molecule has 0 spiro atoms. The van der Waals surface area contributed by atoms with Crippen LogP contribution < -0.4 is 5.32 Å². The van der Waals surface area contributed by atoms with Gasteiger partial charge in [0.1, 0.15) is 5.00 Å². The number of halogens is 1. The molecule has 7 nitrogen and oxygen atoms in total. The van der Waals surface area contributed by atoms with Gasteiger partial charge in [0.2, 0.25) is 15.9 Å². The third-order valence-electron chi connectivity index (χ3n) is 5.84. The van der Waals surface area contributed by atoms with E-state index in [2.05, 4.69) is 5.32 Å². The standard InChI is InChI=1S/C22H25ClN2O5S2/c1-2-30-22(27)19-17-6-3-7-18(17)31-21(19)24-20(26)14-5-4-12-25(13-14)32(28,29)16-10-8-15(23)9-11-16/h8-11,14H,2-7,12-13H2,1H3,(H,24,26). The number of benzene rings is 1. The van der Waals surface area contributed by atoms with Crippen molar-refractivity contribution < 1.29 is 22.7 Å². The van der Waals surface area contributed by atoms with E-state index in [1.807, 2.05) is 0 Å². The maximum Gasteiger partial charge on any atom is 0.341 e. The Bertz CT molecular complexity index is 1130. The first-order valence-corrected chi connectivity index (χ1v) is 13.3. The molecule has 2 heterocycles. The van der Waals surface area contributed by atoms with Gasteiger partial charge >= 0.3 is 5.97 Å². The molecule has 1 unspecified atom stereocenters. The van der Waals surface area contributed by atoms with Crippen molar-refractivity contribution in [2.24, 2.45) is 5.92 Å². The molecule has 1 atom stereocenters. The molecule has 172 valence electrons. The summed E-state index contributed by atoms with van der Waals surface area (Å²) in [6.45, 7) is 2.46. The van der Waals surface area contributed by atoms with Crippen LogP contribution in [0.1, 0.15) is 47.0 Å². The summed E-state index contributed by atoms with van der Waals surface area (Å²) in [5, 5.41) is 3.88. The second kappa shape index (κ2) is 9.51. The SMILES string of the molecule is CCOC(=O)c1c(NC(=O)C2CCCN(S(=O)(=O)c3ccc(Cl)cc3)C2)sc2c1CCC2. The van der Waals surface area contributed by atoms with Gasteiger partial charge in [-0.3, -0.25) is 4.79 Å². The fourth-order valence-corrected chi connectivity index (χ4v) is 7.19. The minimum Gasteiger partial charge on any atom is -0.462 e. The van der Waals surface area contributed by atoms with Crippen LogP contribution in [-0.2, 0) is 32.4 Å². The van der Waals surface area contributed by atoms with Gasteiger partial charge in [0, 0.05) is 23.0 Å². The lowest BCUT2D eigenvalue weighted by atomic mass is 9.99. The fourth-order valence-electron chi connectivity index (χ4n) is 4.26. The van der Waals surface area contributed by atoms with Crippen molar-refractivity contribution in [1.82, 2.24) is 4.31 Å². The van der Waals surface area contributed by atoms with Crippen molar-refractivity contribution in [3.8, 4) is 0 Å². The predicted molar refractivity (Wildman–Crippen MR) is 124 cm³/mol. The largest absolute Gasteiger partial charge is 0.462 e. The van der Waals surface area contributed by atoms with Crippen LogP contribution in [0.25, 0.3) is 0 Å². The van der Waals surface area contributed by atoms with Crippen molar-refractivity contribution in [3.05, 3.63) is 45.3 Å². The number of ether oxygens (including phenoxy) is 1. The van der Waals surface area contributed by atoms with Crippen molar-refractivity contribution in [3.63, 3.8) is 0 Å². The molecule has 1 fully saturated rings. The fraction of sp³-hybridized carbons (Fsp3) is 0.455. The lowest BCUT2D eigenvalue weighted by Gasteiger charge is -2.31. The van der Waals surface area contributed by atoms with E-state index in [-0.39, 0.29) is 24.0 Å². The summed E-state index contributed by atoms with van der Waals surface area (Å²) in [5.74, 6) is -1.19. The number of carbonyl (C=O) groups excluding carboxylic acids is 2. The Hall–Kier alpha value is -1.94. The van der Waals surface area contributed by atoms with E-state index in [4.69, 9.17) is 16.3 Å². The molecule has 1 amide bonds. The number of fused-ring (bicyclic) bond motifs is 1. The Morgan fingerprint density at radius 3 is 2.69 bits per heavy atom. The van der Waals surface area contributed by atoms with Gasteiger partial charge < -0.3 is 10.1 Å². The molecule has 10 heteroatoms. The maximum absolute atomic E-state index is 13.1. The Kier molecular flexibility index (Phi) is 6.90. The molecule has 32 heavy (non-hydrogen) atoms. The highest BCUT2D eigenvalue weighted by molar-refractivity contribution is 7.89. The van der Waals surface area contributed by atoms with Crippen molar-refractivity contribution >= 4 is 49.8 Å². The molecule has 1 aromatic heterocycles. The summed E-state index contributed by atoms with van der Waals surface area (Å²) < 4.78 is 32.6. The van der Waals surface area contributed by atoms with Crippen LogP contribution in [0, 0.1) is 5.92 Å². The Balaban J connectivity index is 1.51. The second-order valence-corrected chi connectivity index (χ2v) is 11.4. The Morgan fingerprint density at radius 2 is 1.97 bits per heavy atom. The number of thiophene rings is 1. The summed E-state index contributed by atoms with van der Waals surface area (Å²) >= 11 is 7.30. The molecule has 1 aliphatic heterocycles. The molecule has 0 bridgehead atoms. The van der Waals surface area contributed by atoms with Crippen molar-refractivity contribution in [1.29, 1.82) is 0 Å². The van der Waals surface area contributed by atoms with Gasteiger partial charge in [-0.2, -0.15) is 4.31 Å². The van der Waals surface area contributed by atoms with Gasteiger partial charge in [0.05, 0.1) is 23.0 Å². The van der Waals surface area contributed by atoms with Gasteiger partial charge in [-0.15, -0.1) is 11.3 Å². The number of amides is 1. The molecule has 4 rings (SSSR count). The van der Waals surface area contributed by atoms with E-state index in [9.17, 15) is 18.0 Å². The Morgan fingerprint density at radius 1 is 1.22 bits per heavy atom. The third kappa shape index (κ3) is 4.57. The average molecular weight is 497 g/mol. The number of anilines is 1. The number of sulfonamides is 1. The number of hydrogen-bond acceptors (Lipinski definition) is 6. The summed E-state index contributed by atoms with van der Waals surface area (Å²) in [6.07, 6.45) is 3.84. The minimum absolute atomic E-state index is 0.0939. The lowest BCUT2D eigenvalue weighted by Crippen LogP contribution is -2.43. The number of esters is 1. The van der Waals surface area contributed by atoms with Crippen LogP contribution in [0.2, 0.25) is 5.02 Å². The van der Waals surface area contributed by atoms with E-state index in [1.165, 1.54) is 39.9 Å². The monoisotopic (exact) mass is 496 g/mol. The van der Waals surface area contributed by atoms with E-state index in [0.29, 0.717) is 35.0 Å². The molecular formula is C22H25ClN2O5S2. The van der Waals surface area contributed by atoms with Crippen LogP contribution >= 0.6 is 22.9 Å². The highest BCUT2D eigenvalue weighted by atomic mass is 35.5. The third-order valence-corrected chi connectivity index (χ3v) is 9.18. The summed E-state index contributed by atoms with van der Waals surface area (Å²) in [7, 11) is -3.72.